The minimum atomic E-state index is -0.519. The van der Waals surface area contributed by atoms with E-state index in [0.29, 0.717) is 0 Å². The minimum Gasteiger partial charge on any atom is -0.302 e. The first-order chi connectivity index (χ1) is 10.2. The molecule has 1 unspecified atom stereocenters. The van der Waals surface area contributed by atoms with Crippen molar-refractivity contribution in [3.8, 4) is 0 Å². The maximum Gasteiger partial charge on any atom is 0.301 e. The van der Waals surface area contributed by atoms with E-state index >= 15 is 0 Å². The van der Waals surface area contributed by atoms with E-state index < -0.39 is 10.2 Å². The molecule has 2 rings (SSSR count). The number of aromatic nitrogens is 1. The Bertz CT molecular complexity index is 647. The van der Waals surface area contributed by atoms with Gasteiger partial charge in [-0.25, -0.2) is 4.98 Å². The van der Waals surface area contributed by atoms with Crippen LogP contribution < -0.4 is 0 Å². The van der Waals surface area contributed by atoms with Gasteiger partial charge in [-0.15, -0.1) is 11.8 Å². The highest BCUT2D eigenvalue weighted by molar-refractivity contribution is 8.00. The van der Waals surface area contributed by atoms with Crippen LogP contribution in [0.4, 0.5) is 5.69 Å². The second-order valence-corrected chi connectivity index (χ2v) is 6.04. The van der Waals surface area contributed by atoms with Gasteiger partial charge in [-0.05, 0) is 30.0 Å². The van der Waals surface area contributed by atoms with E-state index in [4.69, 9.17) is 0 Å². The zero-order chi connectivity index (χ0) is 15.2. The van der Waals surface area contributed by atoms with Gasteiger partial charge in [0.1, 0.15) is 6.29 Å². The summed E-state index contributed by atoms with van der Waals surface area (Å²) in [6.07, 6.45) is 4.23. The molecule has 0 aliphatic carbocycles. The lowest BCUT2D eigenvalue weighted by atomic mass is 10.2. The lowest BCUT2D eigenvalue weighted by molar-refractivity contribution is -0.388. The lowest BCUT2D eigenvalue weighted by Gasteiger charge is -2.10. The Morgan fingerprint density at radius 3 is 2.57 bits per heavy atom. The first-order valence-electron chi connectivity index (χ1n) is 6.01. The topological polar surface area (TPSA) is 73.1 Å². The van der Waals surface area contributed by atoms with Crippen molar-refractivity contribution in [2.45, 2.75) is 15.2 Å². The monoisotopic (exact) mass is 320 g/mol. The van der Waals surface area contributed by atoms with Crippen molar-refractivity contribution in [3.63, 3.8) is 0 Å². The average molecular weight is 320 g/mol. The zero-order valence-electron chi connectivity index (χ0n) is 11.1. The molecule has 1 aromatic carbocycles. The fourth-order valence-electron chi connectivity index (χ4n) is 1.70. The van der Waals surface area contributed by atoms with Crippen molar-refractivity contribution >= 4 is 35.5 Å². The van der Waals surface area contributed by atoms with Crippen LogP contribution in [0.15, 0.2) is 52.5 Å². The van der Waals surface area contributed by atoms with E-state index in [1.807, 2.05) is 30.5 Å². The quantitative estimate of drug-likeness (QED) is 0.349. The summed E-state index contributed by atoms with van der Waals surface area (Å²) in [4.78, 5) is 26.9. The number of carbonyl (C=O) groups excluding carboxylic acids is 1. The summed E-state index contributed by atoms with van der Waals surface area (Å²) in [6, 6.07) is 10.4. The van der Waals surface area contributed by atoms with E-state index in [1.165, 1.54) is 18.3 Å². The van der Waals surface area contributed by atoms with Crippen molar-refractivity contribution < 1.29 is 9.72 Å². The van der Waals surface area contributed by atoms with E-state index in [0.717, 1.165) is 28.5 Å². The van der Waals surface area contributed by atoms with Crippen LogP contribution in [0.2, 0.25) is 0 Å². The molecule has 0 aliphatic rings. The Morgan fingerprint density at radius 1 is 1.29 bits per heavy atom. The average Bonchev–Trinajstić information content (AvgIpc) is 2.53. The predicted molar refractivity (Wildman–Crippen MR) is 83.8 cm³/mol. The number of pyridine rings is 1. The third-order valence-electron chi connectivity index (χ3n) is 2.75. The van der Waals surface area contributed by atoms with E-state index in [2.05, 4.69) is 4.98 Å². The number of aldehydes is 1. The number of hydrogen-bond acceptors (Lipinski definition) is 6. The van der Waals surface area contributed by atoms with Gasteiger partial charge >= 0.3 is 5.69 Å². The number of rotatable bonds is 6. The standard InChI is InChI=1S/C14H12N2O3S2/c1-20-11-6-4-10(5-7-11)13(9-17)21-14-12(16(18)19)3-2-8-15-14/h2-9,13H,1H3. The number of thioether (sulfide) groups is 2. The largest absolute Gasteiger partial charge is 0.302 e. The van der Waals surface area contributed by atoms with Gasteiger partial charge in [0.25, 0.3) is 0 Å². The molecule has 108 valence electrons. The SMILES string of the molecule is CSc1ccc(C(C=O)Sc2ncccc2[N+](=O)[O-])cc1. The van der Waals surface area contributed by atoms with Gasteiger partial charge in [0.05, 0.1) is 10.2 Å². The predicted octanol–water partition coefficient (Wildman–Crippen LogP) is 3.74. The van der Waals surface area contributed by atoms with Crippen LogP contribution in [0.5, 0.6) is 0 Å². The Hall–Kier alpha value is -1.86. The van der Waals surface area contributed by atoms with Crippen molar-refractivity contribution in [1.29, 1.82) is 0 Å². The molecule has 1 aromatic heterocycles. The molecular weight excluding hydrogens is 308 g/mol. The van der Waals surface area contributed by atoms with Crippen LogP contribution in [0.25, 0.3) is 0 Å². The minimum absolute atomic E-state index is 0.0879. The summed E-state index contributed by atoms with van der Waals surface area (Å²) >= 11 is 2.69. The molecule has 0 spiro atoms. The maximum absolute atomic E-state index is 11.3. The van der Waals surface area contributed by atoms with E-state index in [-0.39, 0.29) is 10.7 Å². The van der Waals surface area contributed by atoms with Gasteiger partial charge in [-0.3, -0.25) is 10.1 Å². The van der Waals surface area contributed by atoms with E-state index in [9.17, 15) is 14.9 Å². The smallest absolute Gasteiger partial charge is 0.301 e. The number of nitrogens with zero attached hydrogens (tertiary/aromatic N) is 2. The van der Waals surface area contributed by atoms with Crippen LogP contribution in [0.1, 0.15) is 10.8 Å². The van der Waals surface area contributed by atoms with Gasteiger partial charge in [0.15, 0.2) is 5.03 Å². The number of benzene rings is 1. The molecule has 0 amide bonds. The van der Waals surface area contributed by atoms with Crippen LogP contribution >= 0.6 is 23.5 Å². The molecule has 0 bridgehead atoms. The normalized spacial score (nSPS) is 11.9. The molecule has 0 aliphatic heterocycles. The molecular formula is C14H12N2O3S2. The van der Waals surface area contributed by atoms with Gasteiger partial charge in [-0.1, -0.05) is 23.9 Å². The second-order valence-electron chi connectivity index (χ2n) is 4.03. The molecule has 0 radical (unpaired) electrons. The van der Waals surface area contributed by atoms with Gasteiger partial charge < -0.3 is 4.79 Å². The molecule has 0 N–H and O–H groups in total. The lowest BCUT2D eigenvalue weighted by Crippen LogP contribution is -1.99. The molecule has 0 saturated carbocycles. The summed E-state index contributed by atoms with van der Waals surface area (Å²) in [6.45, 7) is 0. The Morgan fingerprint density at radius 2 is 2.00 bits per heavy atom. The van der Waals surface area contributed by atoms with Crippen LogP contribution in [-0.2, 0) is 4.79 Å². The van der Waals surface area contributed by atoms with E-state index in [1.54, 1.807) is 11.8 Å². The second kappa shape index (κ2) is 7.24. The first-order valence-corrected chi connectivity index (χ1v) is 8.11. The highest BCUT2D eigenvalue weighted by atomic mass is 32.2. The molecule has 5 nitrogen and oxygen atoms in total. The Labute approximate surface area is 130 Å². The summed E-state index contributed by atoms with van der Waals surface area (Å²) < 4.78 is 0. The first kappa shape index (κ1) is 15.5. The van der Waals surface area contributed by atoms with Crippen molar-refractivity contribution in [3.05, 3.63) is 58.3 Å². The highest BCUT2D eigenvalue weighted by Gasteiger charge is 2.20. The molecule has 21 heavy (non-hydrogen) atoms. The third kappa shape index (κ3) is 3.83. The highest BCUT2D eigenvalue weighted by Crippen LogP contribution is 2.37. The van der Waals surface area contributed by atoms with Gasteiger partial charge in [-0.2, -0.15) is 0 Å². The number of nitro groups is 1. The molecule has 0 fully saturated rings. The van der Waals surface area contributed by atoms with Crippen molar-refractivity contribution in [2.75, 3.05) is 6.26 Å². The fourth-order valence-corrected chi connectivity index (χ4v) is 3.08. The summed E-state index contributed by atoms with van der Waals surface area (Å²) in [7, 11) is 0. The molecule has 1 heterocycles. The molecule has 1 atom stereocenters. The summed E-state index contributed by atoms with van der Waals surface area (Å²) in [5.41, 5.74) is 0.711. The van der Waals surface area contributed by atoms with Crippen molar-refractivity contribution in [1.82, 2.24) is 4.98 Å². The van der Waals surface area contributed by atoms with Crippen molar-refractivity contribution in [2.24, 2.45) is 0 Å². The Balaban J connectivity index is 2.26. The summed E-state index contributed by atoms with van der Waals surface area (Å²) in [5, 5.41) is 10.7. The third-order valence-corrected chi connectivity index (χ3v) is 4.67. The fraction of sp³-hybridized carbons (Fsp3) is 0.143. The van der Waals surface area contributed by atoms with Crippen LogP contribution in [0, 0.1) is 10.1 Å². The van der Waals surface area contributed by atoms with Gasteiger partial charge in [0.2, 0.25) is 0 Å². The maximum atomic E-state index is 11.3. The summed E-state index contributed by atoms with van der Waals surface area (Å²) in [5.74, 6) is 0. The molecule has 0 saturated heterocycles. The zero-order valence-corrected chi connectivity index (χ0v) is 12.8. The number of carbonyl (C=O) groups is 1. The molecule has 2 aromatic rings. The Kier molecular flexibility index (Phi) is 5.35. The molecule has 7 heteroatoms. The van der Waals surface area contributed by atoms with Crippen LogP contribution in [-0.4, -0.2) is 22.4 Å². The number of hydrogen-bond donors (Lipinski definition) is 0. The van der Waals surface area contributed by atoms with Crippen LogP contribution in [0.3, 0.4) is 0 Å². The van der Waals surface area contributed by atoms with Gasteiger partial charge in [0, 0.05) is 17.2 Å².